The maximum atomic E-state index is 12.6. The summed E-state index contributed by atoms with van der Waals surface area (Å²) in [6.45, 7) is 6.12. The van der Waals surface area contributed by atoms with E-state index in [-0.39, 0.29) is 16.6 Å². The Morgan fingerprint density at radius 1 is 1.22 bits per heavy atom. The van der Waals surface area contributed by atoms with Crippen molar-refractivity contribution in [2.24, 2.45) is 0 Å². The van der Waals surface area contributed by atoms with Gasteiger partial charge in [-0.05, 0) is 25.1 Å². The Kier molecular flexibility index (Phi) is 7.17. The molecular weight excluding hydrogens is 386 g/mol. The van der Waals surface area contributed by atoms with Gasteiger partial charge in [-0.2, -0.15) is 4.31 Å². The number of nitrogen functional groups attached to an aromatic ring is 1. The van der Waals surface area contributed by atoms with E-state index in [1.807, 2.05) is 0 Å². The molecule has 0 radical (unpaired) electrons. The summed E-state index contributed by atoms with van der Waals surface area (Å²) in [7, 11) is -3.58. The zero-order valence-corrected chi connectivity index (χ0v) is 17.1. The molecule has 0 spiro atoms. The summed E-state index contributed by atoms with van der Waals surface area (Å²) < 4.78 is 26.5. The Morgan fingerprint density at radius 3 is 2.56 bits per heavy atom. The third-order valence-electron chi connectivity index (χ3n) is 3.65. The van der Waals surface area contributed by atoms with E-state index >= 15 is 0 Å². The number of aryl methyl sites for hydroxylation is 1. The van der Waals surface area contributed by atoms with Crippen LogP contribution in [0.4, 0.5) is 11.5 Å². The highest BCUT2D eigenvalue weighted by Gasteiger charge is 2.21. The second kappa shape index (κ2) is 9.16. The summed E-state index contributed by atoms with van der Waals surface area (Å²) >= 11 is 1.16. The first-order valence-electron chi connectivity index (χ1n) is 8.40. The third kappa shape index (κ3) is 5.65. The number of sulfonamides is 1. The van der Waals surface area contributed by atoms with Gasteiger partial charge in [0.1, 0.15) is 5.82 Å². The van der Waals surface area contributed by atoms with E-state index in [4.69, 9.17) is 5.73 Å². The highest BCUT2D eigenvalue weighted by atomic mass is 32.2. The molecule has 1 amide bonds. The second-order valence-electron chi connectivity index (χ2n) is 5.67. The van der Waals surface area contributed by atoms with E-state index in [2.05, 4.69) is 15.3 Å². The lowest BCUT2D eigenvalue weighted by Gasteiger charge is -2.18. The van der Waals surface area contributed by atoms with Gasteiger partial charge in [0.15, 0.2) is 5.16 Å². The Balaban J connectivity index is 2.06. The van der Waals surface area contributed by atoms with E-state index in [1.165, 1.54) is 16.4 Å². The highest BCUT2D eigenvalue weighted by Crippen LogP contribution is 2.20. The molecule has 0 atom stereocenters. The van der Waals surface area contributed by atoms with Gasteiger partial charge in [0.05, 0.1) is 10.6 Å². The Bertz CT molecular complexity index is 894. The number of thioether (sulfide) groups is 1. The number of nitrogens with two attached hydrogens (primary N) is 1. The van der Waals surface area contributed by atoms with E-state index in [9.17, 15) is 13.2 Å². The van der Waals surface area contributed by atoms with Crippen LogP contribution in [0.25, 0.3) is 0 Å². The number of nitrogens with zero attached hydrogens (tertiary/aromatic N) is 3. The first-order valence-corrected chi connectivity index (χ1v) is 10.8. The van der Waals surface area contributed by atoms with Crippen LogP contribution in [0.15, 0.2) is 40.4 Å². The zero-order valence-electron chi connectivity index (χ0n) is 15.5. The van der Waals surface area contributed by atoms with Crippen molar-refractivity contribution in [3.8, 4) is 0 Å². The number of rotatable bonds is 8. The lowest BCUT2D eigenvalue weighted by Crippen LogP contribution is -2.30. The molecule has 3 N–H and O–H groups in total. The van der Waals surface area contributed by atoms with Crippen LogP contribution in [0.3, 0.4) is 0 Å². The fourth-order valence-electron chi connectivity index (χ4n) is 2.40. The number of hydrogen-bond acceptors (Lipinski definition) is 7. The Labute approximate surface area is 163 Å². The molecule has 0 fully saturated rings. The van der Waals surface area contributed by atoms with Gasteiger partial charge < -0.3 is 11.1 Å². The molecule has 2 rings (SSSR count). The quantitative estimate of drug-likeness (QED) is 0.506. The molecule has 146 valence electrons. The van der Waals surface area contributed by atoms with Gasteiger partial charge in [0.2, 0.25) is 15.9 Å². The number of benzene rings is 1. The third-order valence-corrected chi connectivity index (χ3v) is 6.54. The van der Waals surface area contributed by atoms with Crippen molar-refractivity contribution >= 4 is 39.2 Å². The minimum atomic E-state index is -3.58. The molecule has 0 unspecified atom stereocenters. The maximum absolute atomic E-state index is 12.6. The normalized spacial score (nSPS) is 11.6. The standard InChI is InChI=1S/C17H23N5O3S2/c1-4-22(5-2)27(24,25)14-8-6-7-13(10-14)20-16(23)11-26-17-19-12(3)9-15(18)21-17/h6-10H,4-5,11H2,1-3H3,(H,20,23)(H2,18,19,21). The summed E-state index contributed by atoms with van der Waals surface area (Å²) in [5, 5.41) is 3.12. The smallest absolute Gasteiger partial charge is 0.243 e. The molecule has 0 saturated heterocycles. The topological polar surface area (TPSA) is 118 Å². The zero-order chi connectivity index (χ0) is 20.0. The van der Waals surface area contributed by atoms with E-state index in [1.54, 1.807) is 39.0 Å². The minimum absolute atomic E-state index is 0.0793. The van der Waals surface area contributed by atoms with E-state index < -0.39 is 10.0 Å². The van der Waals surface area contributed by atoms with Gasteiger partial charge in [-0.15, -0.1) is 0 Å². The monoisotopic (exact) mass is 409 g/mol. The first kappa shape index (κ1) is 21.1. The van der Waals surface area contributed by atoms with Crippen LogP contribution in [0.2, 0.25) is 0 Å². The van der Waals surface area contributed by atoms with Crippen molar-refractivity contribution in [2.75, 3.05) is 29.9 Å². The number of carbonyl (C=O) groups is 1. The summed E-state index contributed by atoms with van der Waals surface area (Å²) in [6.07, 6.45) is 0. The van der Waals surface area contributed by atoms with E-state index in [0.29, 0.717) is 29.8 Å². The average molecular weight is 410 g/mol. The van der Waals surface area contributed by atoms with Crippen molar-refractivity contribution < 1.29 is 13.2 Å². The number of nitrogens with one attached hydrogen (secondary N) is 1. The van der Waals surface area contributed by atoms with Crippen LogP contribution in [-0.2, 0) is 14.8 Å². The van der Waals surface area contributed by atoms with Crippen molar-refractivity contribution in [1.29, 1.82) is 0 Å². The molecule has 2 aromatic rings. The number of carbonyl (C=O) groups excluding carboxylic acids is 1. The first-order chi connectivity index (χ1) is 12.8. The summed E-state index contributed by atoms with van der Waals surface area (Å²) in [5.74, 6) is 0.136. The van der Waals surface area contributed by atoms with Crippen LogP contribution < -0.4 is 11.1 Å². The van der Waals surface area contributed by atoms with E-state index in [0.717, 1.165) is 17.5 Å². The number of aromatic nitrogens is 2. The van der Waals surface area contributed by atoms with Crippen LogP contribution >= 0.6 is 11.8 Å². The van der Waals surface area contributed by atoms with Gasteiger partial charge in [-0.1, -0.05) is 31.7 Å². The number of anilines is 2. The van der Waals surface area contributed by atoms with Crippen LogP contribution in [0.5, 0.6) is 0 Å². The van der Waals surface area contributed by atoms with Crippen molar-refractivity contribution in [3.05, 3.63) is 36.0 Å². The molecule has 0 aliphatic heterocycles. The molecule has 10 heteroatoms. The van der Waals surface area contributed by atoms with Gasteiger partial charge in [-0.3, -0.25) is 4.79 Å². The van der Waals surface area contributed by atoms with Crippen LogP contribution in [0, 0.1) is 6.92 Å². The Morgan fingerprint density at radius 2 is 1.93 bits per heavy atom. The predicted molar refractivity (Wildman–Crippen MR) is 107 cm³/mol. The molecule has 0 aliphatic rings. The van der Waals surface area contributed by atoms with Crippen molar-refractivity contribution in [2.45, 2.75) is 30.8 Å². The highest BCUT2D eigenvalue weighted by molar-refractivity contribution is 7.99. The second-order valence-corrected chi connectivity index (χ2v) is 8.55. The fraction of sp³-hybridized carbons (Fsp3) is 0.353. The fourth-order valence-corrected chi connectivity index (χ4v) is 4.62. The number of amides is 1. The number of hydrogen-bond donors (Lipinski definition) is 2. The predicted octanol–water partition coefficient (Wildman–Crippen LogP) is 2.13. The Hall–Kier alpha value is -2.17. The lowest BCUT2D eigenvalue weighted by atomic mass is 10.3. The molecule has 8 nitrogen and oxygen atoms in total. The SMILES string of the molecule is CCN(CC)S(=O)(=O)c1cccc(NC(=O)CSc2nc(C)cc(N)n2)c1. The van der Waals surface area contributed by atoms with Gasteiger partial charge in [0, 0.05) is 30.5 Å². The van der Waals surface area contributed by atoms with Crippen molar-refractivity contribution in [1.82, 2.24) is 14.3 Å². The molecular formula is C17H23N5O3S2. The van der Waals surface area contributed by atoms with Crippen LogP contribution in [-0.4, -0.2) is 47.4 Å². The largest absolute Gasteiger partial charge is 0.384 e. The summed E-state index contributed by atoms with van der Waals surface area (Å²) in [4.78, 5) is 20.6. The minimum Gasteiger partial charge on any atom is -0.384 e. The molecule has 0 saturated carbocycles. The molecule has 0 aliphatic carbocycles. The van der Waals surface area contributed by atoms with Crippen LogP contribution in [0.1, 0.15) is 19.5 Å². The molecule has 1 aromatic heterocycles. The molecule has 1 heterocycles. The van der Waals surface area contributed by atoms with Gasteiger partial charge >= 0.3 is 0 Å². The summed E-state index contributed by atoms with van der Waals surface area (Å²) in [6, 6.07) is 7.86. The summed E-state index contributed by atoms with van der Waals surface area (Å²) in [5.41, 5.74) is 6.81. The van der Waals surface area contributed by atoms with Gasteiger partial charge in [-0.25, -0.2) is 18.4 Å². The molecule has 1 aromatic carbocycles. The maximum Gasteiger partial charge on any atom is 0.243 e. The lowest BCUT2D eigenvalue weighted by molar-refractivity contribution is -0.113. The van der Waals surface area contributed by atoms with Gasteiger partial charge in [0.25, 0.3) is 0 Å². The molecule has 0 bridgehead atoms. The molecule has 27 heavy (non-hydrogen) atoms. The van der Waals surface area contributed by atoms with Crippen molar-refractivity contribution in [3.63, 3.8) is 0 Å². The average Bonchev–Trinajstić information content (AvgIpc) is 2.60.